The van der Waals surface area contributed by atoms with Crippen molar-refractivity contribution in [2.24, 2.45) is 0 Å². The van der Waals surface area contributed by atoms with Gasteiger partial charge in [-0.15, -0.1) is 0 Å². The van der Waals surface area contributed by atoms with Crippen molar-refractivity contribution >= 4 is 15.9 Å². The van der Waals surface area contributed by atoms with E-state index >= 15 is 0 Å². The molecule has 1 heterocycles. The minimum Gasteiger partial charge on any atom is -0.496 e. The van der Waals surface area contributed by atoms with E-state index in [2.05, 4.69) is 31.4 Å². The van der Waals surface area contributed by atoms with Gasteiger partial charge in [-0.25, -0.2) is 0 Å². The molecule has 0 aliphatic carbocycles. The van der Waals surface area contributed by atoms with Crippen molar-refractivity contribution in [3.8, 4) is 17.1 Å². The van der Waals surface area contributed by atoms with Crippen LogP contribution in [-0.4, -0.2) is 37.5 Å². The average molecular weight is 342 g/mol. The third kappa shape index (κ3) is 3.78. The molecule has 0 aliphatic rings. The average Bonchev–Trinajstić information content (AvgIpc) is 2.92. The Bertz CT molecular complexity index is 560. The standard InChI is InChI=1S/C13H16BrN3O3/c1-18-6-5-15-8-12-16-13(17-20-12)9-3-4-11(19-2)10(14)7-9/h3-4,7,15H,5-6,8H2,1-2H3. The summed E-state index contributed by atoms with van der Waals surface area (Å²) in [5.74, 6) is 1.86. The van der Waals surface area contributed by atoms with E-state index in [1.54, 1.807) is 14.2 Å². The second-order valence-corrected chi connectivity index (χ2v) is 4.88. The molecule has 0 spiro atoms. The Labute approximate surface area is 125 Å². The highest BCUT2D eigenvalue weighted by molar-refractivity contribution is 9.10. The van der Waals surface area contributed by atoms with Crippen LogP contribution in [0, 0.1) is 0 Å². The number of ether oxygens (including phenoxy) is 2. The zero-order valence-electron chi connectivity index (χ0n) is 11.4. The highest BCUT2D eigenvalue weighted by Crippen LogP contribution is 2.29. The molecule has 2 aromatic rings. The van der Waals surface area contributed by atoms with Gasteiger partial charge in [0, 0.05) is 19.2 Å². The molecule has 1 N–H and O–H groups in total. The Hall–Kier alpha value is -1.44. The molecule has 0 radical (unpaired) electrons. The molecule has 1 aromatic heterocycles. The van der Waals surface area contributed by atoms with E-state index in [9.17, 15) is 0 Å². The van der Waals surface area contributed by atoms with Crippen molar-refractivity contribution in [2.45, 2.75) is 6.54 Å². The van der Waals surface area contributed by atoms with Crippen LogP contribution in [-0.2, 0) is 11.3 Å². The number of halogens is 1. The summed E-state index contributed by atoms with van der Waals surface area (Å²) in [6.07, 6.45) is 0. The molecule has 0 atom stereocenters. The molecule has 0 saturated heterocycles. The molecular formula is C13H16BrN3O3. The van der Waals surface area contributed by atoms with Gasteiger partial charge in [-0.1, -0.05) is 5.16 Å². The molecular weight excluding hydrogens is 326 g/mol. The molecule has 0 unspecified atom stereocenters. The first-order valence-corrected chi connectivity index (χ1v) is 6.90. The van der Waals surface area contributed by atoms with E-state index in [1.807, 2.05) is 18.2 Å². The number of methoxy groups -OCH3 is 2. The van der Waals surface area contributed by atoms with E-state index in [0.717, 1.165) is 22.3 Å². The highest BCUT2D eigenvalue weighted by Gasteiger charge is 2.10. The summed E-state index contributed by atoms with van der Waals surface area (Å²) in [4.78, 5) is 4.33. The van der Waals surface area contributed by atoms with Gasteiger partial charge in [0.2, 0.25) is 11.7 Å². The SMILES string of the molecule is COCCNCc1nc(-c2ccc(OC)c(Br)c2)no1. The van der Waals surface area contributed by atoms with Crippen LogP contribution in [0.4, 0.5) is 0 Å². The van der Waals surface area contributed by atoms with E-state index in [4.69, 9.17) is 14.0 Å². The fraction of sp³-hybridized carbons (Fsp3) is 0.385. The quantitative estimate of drug-likeness (QED) is 0.779. The maximum atomic E-state index is 5.18. The number of benzene rings is 1. The molecule has 0 aliphatic heterocycles. The van der Waals surface area contributed by atoms with Crippen molar-refractivity contribution in [3.05, 3.63) is 28.6 Å². The summed E-state index contributed by atoms with van der Waals surface area (Å²) in [5, 5.41) is 7.11. The molecule has 0 fully saturated rings. The van der Waals surface area contributed by atoms with Crippen molar-refractivity contribution in [1.82, 2.24) is 15.5 Å². The minimum absolute atomic E-state index is 0.522. The van der Waals surface area contributed by atoms with Gasteiger partial charge >= 0.3 is 0 Å². The van der Waals surface area contributed by atoms with Crippen molar-refractivity contribution < 1.29 is 14.0 Å². The van der Waals surface area contributed by atoms with Gasteiger partial charge in [-0.05, 0) is 34.1 Å². The lowest BCUT2D eigenvalue weighted by atomic mass is 10.2. The molecule has 2 rings (SSSR count). The Balaban J connectivity index is 2.03. The van der Waals surface area contributed by atoms with Gasteiger partial charge in [0.05, 0.1) is 24.7 Å². The van der Waals surface area contributed by atoms with Gasteiger partial charge in [-0.3, -0.25) is 0 Å². The monoisotopic (exact) mass is 341 g/mol. The van der Waals surface area contributed by atoms with Gasteiger partial charge in [-0.2, -0.15) is 4.98 Å². The number of rotatable bonds is 7. The van der Waals surface area contributed by atoms with E-state index in [1.165, 1.54) is 0 Å². The molecule has 0 amide bonds. The minimum atomic E-state index is 0.522. The van der Waals surface area contributed by atoms with Crippen molar-refractivity contribution in [1.29, 1.82) is 0 Å². The van der Waals surface area contributed by atoms with Crippen LogP contribution in [0.3, 0.4) is 0 Å². The summed E-state index contributed by atoms with van der Waals surface area (Å²) >= 11 is 3.43. The lowest BCUT2D eigenvalue weighted by molar-refractivity contribution is 0.197. The topological polar surface area (TPSA) is 69.4 Å². The Morgan fingerprint density at radius 3 is 2.90 bits per heavy atom. The van der Waals surface area contributed by atoms with Gasteiger partial charge in [0.15, 0.2) is 0 Å². The van der Waals surface area contributed by atoms with Crippen LogP contribution in [0.5, 0.6) is 5.75 Å². The first-order chi connectivity index (χ1) is 9.74. The number of hydrogen-bond acceptors (Lipinski definition) is 6. The second-order valence-electron chi connectivity index (χ2n) is 4.03. The predicted molar refractivity (Wildman–Crippen MR) is 77.6 cm³/mol. The lowest BCUT2D eigenvalue weighted by Gasteiger charge is -2.03. The predicted octanol–water partition coefficient (Wildman–Crippen LogP) is 2.24. The van der Waals surface area contributed by atoms with E-state index in [-0.39, 0.29) is 0 Å². The Morgan fingerprint density at radius 2 is 2.20 bits per heavy atom. The number of nitrogens with one attached hydrogen (secondary N) is 1. The van der Waals surface area contributed by atoms with Crippen LogP contribution in [0.15, 0.2) is 27.2 Å². The molecule has 1 aromatic carbocycles. The van der Waals surface area contributed by atoms with Crippen molar-refractivity contribution in [2.75, 3.05) is 27.4 Å². The van der Waals surface area contributed by atoms with Gasteiger partial charge < -0.3 is 19.3 Å². The molecule has 6 nitrogen and oxygen atoms in total. The lowest BCUT2D eigenvalue weighted by Crippen LogP contribution is -2.18. The largest absolute Gasteiger partial charge is 0.496 e. The van der Waals surface area contributed by atoms with Crippen LogP contribution in [0.2, 0.25) is 0 Å². The maximum absolute atomic E-state index is 5.18. The maximum Gasteiger partial charge on any atom is 0.240 e. The normalized spacial score (nSPS) is 10.8. The molecule has 20 heavy (non-hydrogen) atoms. The Kier molecular flexibility index (Phi) is 5.51. The fourth-order valence-electron chi connectivity index (χ4n) is 1.62. The van der Waals surface area contributed by atoms with Gasteiger partial charge in [0.25, 0.3) is 0 Å². The molecule has 0 bridgehead atoms. The van der Waals surface area contributed by atoms with Crippen LogP contribution < -0.4 is 10.1 Å². The third-order valence-electron chi connectivity index (χ3n) is 2.64. The van der Waals surface area contributed by atoms with E-state index < -0.39 is 0 Å². The molecule has 7 heteroatoms. The van der Waals surface area contributed by atoms with Crippen molar-refractivity contribution in [3.63, 3.8) is 0 Å². The van der Waals surface area contributed by atoms with Crippen LogP contribution >= 0.6 is 15.9 Å². The van der Waals surface area contributed by atoms with Gasteiger partial charge in [0.1, 0.15) is 5.75 Å². The highest BCUT2D eigenvalue weighted by atomic mass is 79.9. The number of nitrogens with zero attached hydrogens (tertiary/aromatic N) is 2. The zero-order valence-corrected chi connectivity index (χ0v) is 12.9. The first-order valence-electron chi connectivity index (χ1n) is 6.10. The smallest absolute Gasteiger partial charge is 0.240 e. The summed E-state index contributed by atoms with van der Waals surface area (Å²) in [6.45, 7) is 1.91. The molecule has 108 valence electrons. The van der Waals surface area contributed by atoms with Crippen LogP contribution in [0.25, 0.3) is 11.4 Å². The fourth-order valence-corrected chi connectivity index (χ4v) is 2.16. The van der Waals surface area contributed by atoms with E-state index in [0.29, 0.717) is 24.9 Å². The molecule has 0 saturated carbocycles. The first kappa shape index (κ1) is 15.0. The second kappa shape index (κ2) is 7.37. The number of aromatic nitrogens is 2. The summed E-state index contributed by atoms with van der Waals surface area (Å²) in [6, 6.07) is 5.63. The summed E-state index contributed by atoms with van der Waals surface area (Å²) < 4.78 is 16.2. The number of hydrogen-bond donors (Lipinski definition) is 1. The zero-order chi connectivity index (χ0) is 14.4. The summed E-state index contributed by atoms with van der Waals surface area (Å²) in [7, 11) is 3.28. The third-order valence-corrected chi connectivity index (χ3v) is 3.26. The van der Waals surface area contributed by atoms with Crippen LogP contribution in [0.1, 0.15) is 5.89 Å². The Morgan fingerprint density at radius 1 is 1.35 bits per heavy atom. The summed E-state index contributed by atoms with van der Waals surface area (Å²) in [5.41, 5.74) is 0.865.